The van der Waals surface area contributed by atoms with Crippen molar-refractivity contribution in [1.82, 2.24) is 14.9 Å². The molecule has 1 aromatic heterocycles. The summed E-state index contributed by atoms with van der Waals surface area (Å²) in [5.74, 6) is -1.25. The number of imidazole rings is 1. The van der Waals surface area contributed by atoms with Gasteiger partial charge in [-0.15, -0.1) is 0 Å². The minimum Gasteiger partial charge on any atom is -0.480 e. The summed E-state index contributed by atoms with van der Waals surface area (Å²) >= 11 is 0. The molecule has 0 aliphatic carbocycles. The maximum atomic E-state index is 11.9. The van der Waals surface area contributed by atoms with Crippen LogP contribution in [0.1, 0.15) is 18.5 Å². The molecule has 8 heteroatoms. The lowest BCUT2D eigenvalue weighted by molar-refractivity contribution is -0.141. The van der Waals surface area contributed by atoms with Gasteiger partial charge in [0.15, 0.2) is 0 Å². The summed E-state index contributed by atoms with van der Waals surface area (Å²) < 4.78 is 1.88. The van der Waals surface area contributed by atoms with E-state index >= 15 is 0 Å². The Bertz CT molecular complexity index is 525. The smallest absolute Gasteiger partial charge is 0.326 e. The SMILES string of the molecule is C[Si](C)(C)CCC(=O)NC(Cc1cn(CCCN)cn1)C(=O)O. The minimum absolute atomic E-state index is 0.184. The second-order valence-corrected chi connectivity index (χ2v) is 12.6. The normalized spacial score (nSPS) is 12.9. The van der Waals surface area contributed by atoms with Crippen molar-refractivity contribution in [2.75, 3.05) is 6.54 Å². The van der Waals surface area contributed by atoms with Gasteiger partial charge in [0.1, 0.15) is 6.04 Å². The highest BCUT2D eigenvalue weighted by Gasteiger charge is 2.23. The van der Waals surface area contributed by atoms with Gasteiger partial charge < -0.3 is 20.7 Å². The number of aromatic nitrogens is 2. The van der Waals surface area contributed by atoms with Crippen LogP contribution in [0.2, 0.25) is 25.7 Å². The fraction of sp³-hybridized carbons (Fsp3) is 0.667. The number of carboxylic acid groups (broad SMARTS) is 1. The van der Waals surface area contributed by atoms with Crippen molar-refractivity contribution in [2.24, 2.45) is 5.73 Å². The van der Waals surface area contributed by atoms with Crippen molar-refractivity contribution in [3.8, 4) is 0 Å². The average molecular weight is 341 g/mol. The van der Waals surface area contributed by atoms with Crippen LogP contribution in [0.4, 0.5) is 0 Å². The molecule has 130 valence electrons. The lowest BCUT2D eigenvalue weighted by Crippen LogP contribution is -2.42. The summed E-state index contributed by atoms with van der Waals surface area (Å²) in [5.41, 5.74) is 6.11. The Hall–Kier alpha value is -1.67. The monoisotopic (exact) mass is 340 g/mol. The Labute approximate surface area is 138 Å². The van der Waals surface area contributed by atoms with E-state index < -0.39 is 20.1 Å². The van der Waals surface area contributed by atoms with Gasteiger partial charge in [0.05, 0.1) is 12.0 Å². The van der Waals surface area contributed by atoms with Crippen LogP contribution in [0, 0.1) is 0 Å². The second kappa shape index (κ2) is 8.83. The van der Waals surface area contributed by atoms with Gasteiger partial charge in [-0.1, -0.05) is 19.6 Å². The zero-order valence-electron chi connectivity index (χ0n) is 14.2. The summed E-state index contributed by atoms with van der Waals surface area (Å²) in [6.45, 7) is 7.90. The highest BCUT2D eigenvalue weighted by Crippen LogP contribution is 2.11. The summed E-state index contributed by atoms with van der Waals surface area (Å²) in [4.78, 5) is 27.5. The first-order valence-electron chi connectivity index (χ1n) is 7.94. The molecule has 7 nitrogen and oxygen atoms in total. The molecule has 0 saturated carbocycles. The van der Waals surface area contributed by atoms with E-state index in [9.17, 15) is 14.7 Å². The average Bonchev–Trinajstić information content (AvgIpc) is 2.89. The van der Waals surface area contributed by atoms with Crippen LogP contribution in [-0.2, 0) is 22.6 Å². The number of rotatable bonds is 10. The number of aliphatic carboxylic acids is 1. The van der Waals surface area contributed by atoms with E-state index in [1.165, 1.54) is 0 Å². The van der Waals surface area contributed by atoms with E-state index in [-0.39, 0.29) is 12.3 Å². The Kier molecular flexibility index (Phi) is 7.44. The third-order valence-corrected chi connectivity index (χ3v) is 5.21. The van der Waals surface area contributed by atoms with Gasteiger partial charge >= 0.3 is 5.97 Å². The van der Waals surface area contributed by atoms with Crippen molar-refractivity contribution in [2.45, 2.75) is 57.5 Å². The van der Waals surface area contributed by atoms with Crippen LogP contribution in [0.15, 0.2) is 12.5 Å². The molecule has 1 amide bonds. The summed E-state index contributed by atoms with van der Waals surface area (Å²) in [7, 11) is -1.32. The second-order valence-electron chi connectivity index (χ2n) is 6.97. The topological polar surface area (TPSA) is 110 Å². The highest BCUT2D eigenvalue weighted by atomic mass is 28.3. The van der Waals surface area contributed by atoms with E-state index in [1.807, 2.05) is 4.57 Å². The number of carbonyl (C=O) groups is 2. The predicted octanol–water partition coefficient (Wildman–Crippen LogP) is 1.07. The van der Waals surface area contributed by atoms with E-state index in [1.54, 1.807) is 12.5 Å². The lowest BCUT2D eigenvalue weighted by atomic mass is 10.1. The Morgan fingerprint density at radius 3 is 2.70 bits per heavy atom. The van der Waals surface area contributed by atoms with Crippen molar-refractivity contribution in [3.05, 3.63) is 18.2 Å². The number of carbonyl (C=O) groups excluding carboxylic acids is 1. The predicted molar refractivity (Wildman–Crippen MR) is 91.9 cm³/mol. The Morgan fingerprint density at radius 2 is 2.13 bits per heavy atom. The van der Waals surface area contributed by atoms with Crippen molar-refractivity contribution in [1.29, 1.82) is 0 Å². The van der Waals surface area contributed by atoms with Crippen LogP contribution in [0.25, 0.3) is 0 Å². The maximum absolute atomic E-state index is 11.9. The van der Waals surface area contributed by atoms with Crippen molar-refractivity contribution in [3.63, 3.8) is 0 Å². The molecule has 1 heterocycles. The largest absolute Gasteiger partial charge is 0.480 e. The molecular formula is C15H28N4O3Si. The standard InChI is InChI=1S/C15H28N4O3Si/c1-23(2,3)8-5-14(20)18-13(15(21)22)9-12-10-19(11-17-12)7-4-6-16/h10-11,13H,4-9,16H2,1-3H3,(H,18,20)(H,21,22). The van der Waals surface area contributed by atoms with Crippen molar-refractivity contribution >= 4 is 20.0 Å². The molecule has 1 unspecified atom stereocenters. The third kappa shape index (κ3) is 7.94. The fourth-order valence-electron chi connectivity index (χ4n) is 2.07. The highest BCUT2D eigenvalue weighted by molar-refractivity contribution is 6.76. The molecule has 1 atom stereocenters. The van der Waals surface area contributed by atoms with Crippen molar-refractivity contribution < 1.29 is 14.7 Å². The minimum atomic E-state index is -1.32. The summed E-state index contributed by atoms with van der Waals surface area (Å²) in [6, 6.07) is -0.0965. The zero-order valence-corrected chi connectivity index (χ0v) is 15.2. The molecule has 0 bridgehead atoms. The first-order chi connectivity index (χ1) is 10.7. The van der Waals surface area contributed by atoms with E-state index in [2.05, 4.69) is 29.9 Å². The maximum Gasteiger partial charge on any atom is 0.326 e. The molecule has 0 aliphatic heterocycles. The first-order valence-corrected chi connectivity index (χ1v) is 11.6. The van der Waals surface area contributed by atoms with Crippen LogP contribution in [0.3, 0.4) is 0 Å². The molecule has 0 aromatic carbocycles. The fourth-order valence-corrected chi connectivity index (χ4v) is 3.05. The molecule has 1 aromatic rings. The van der Waals surface area contributed by atoms with Gasteiger partial charge in [-0.05, 0) is 19.0 Å². The molecule has 0 fully saturated rings. The van der Waals surface area contributed by atoms with E-state index in [4.69, 9.17) is 5.73 Å². The zero-order chi connectivity index (χ0) is 17.5. The van der Waals surface area contributed by atoms with Crippen LogP contribution >= 0.6 is 0 Å². The van der Waals surface area contributed by atoms with Crippen LogP contribution in [-0.4, -0.2) is 47.2 Å². The molecule has 0 radical (unpaired) electrons. The number of nitrogens with zero attached hydrogens (tertiary/aromatic N) is 2. The van der Waals surface area contributed by atoms with Gasteiger partial charge in [0.2, 0.25) is 5.91 Å². The van der Waals surface area contributed by atoms with Crippen LogP contribution in [0.5, 0.6) is 0 Å². The van der Waals surface area contributed by atoms with E-state index in [0.717, 1.165) is 19.0 Å². The first kappa shape index (κ1) is 19.4. The molecule has 23 heavy (non-hydrogen) atoms. The number of nitrogens with two attached hydrogens (primary N) is 1. The van der Waals surface area contributed by atoms with E-state index in [0.29, 0.717) is 18.7 Å². The van der Waals surface area contributed by atoms with Gasteiger partial charge in [-0.3, -0.25) is 4.79 Å². The van der Waals surface area contributed by atoms with Gasteiger partial charge in [0, 0.05) is 33.7 Å². The van der Waals surface area contributed by atoms with Gasteiger partial charge in [0.25, 0.3) is 0 Å². The molecule has 1 rings (SSSR count). The number of hydrogen-bond acceptors (Lipinski definition) is 4. The molecule has 0 aliphatic rings. The lowest BCUT2D eigenvalue weighted by Gasteiger charge is -2.17. The molecule has 0 saturated heterocycles. The Balaban J connectivity index is 2.56. The number of carboxylic acids is 1. The number of amides is 1. The quantitative estimate of drug-likeness (QED) is 0.552. The summed E-state index contributed by atoms with van der Waals surface area (Å²) in [6.07, 6.45) is 4.87. The van der Waals surface area contributed by atoms with Gasteiger partial charge in [-0.2, -0.15) is 0 Å². The molecule has 4 N–H and O–H groups in total. The molecule has 0 spiro atoms. The van der Waals surface area contributed by atoms with Gasteiger partial charge in [-0.25, -0.2) is 9.78 Å². The number of nitrogens with one attached hydrogen (secondary N) is 1. The molecular weight excluding hydrogens is 312 g/mol. The Morgan fingerprint density at radius 1 is 1.43 bits per heavy atom. The third-order valence-electron chi connectivity index (χ3n) is 3.46. The van der Waals surface area contributed by atoms with Crippen LogP contribution < -0.4 is 11.1 Å². The summed E-state index contributed by atoms with van der Waals surface area (Å²) in [5, 5.41) is 11.9. The number of hydrogen-bond donors (Lipinski definition) is 3. The number of aryl methyl sites for hydroxylation is 1.